The van der Waals surface area contributed by atoms with Crippen LogP contribution in [-0.2, 0) is 4.79 Å². The molecule has 0 spiro atoms. The van der Waals surface area contributed by atoms with Gasteiger partial charge in [-0.25, -0.2) is 0 Å². The molecule has 0 radical (unpaired) electrons. The minimum Gasteiger partial charge on any atom is -0.497 e. The molecule has 0 aromatic heterocycles. The smallest absolute Gasteiger partial charge is 0.186 e. The molecule has 0 bridgehead atoms. The van der Waals surface area contributed by atoms with Gasteiger partial charge in [-0.1, -0.05) is 29.5 Å². The Labute approximate surface area is 140 Å². The Morgan fingerprint density at radius 2 is 1.83 bits per heavy atom. The number of benzene rings is 2. The molecule has 2 rings (SSSR count). The number of methoxy groups -OCH3 is 1. The molecule has 0 amide bonds. The van der Waals surface area contributed by atoms with E-state index >= 15 is 0 Å². The SMILES string of the molecule is COc1ccc(NN=C(Sc2ccc(C)cc2C)C(C)=O)cc1. The molecule has 4 nitrogen and oxygen atoms in total. The van der Waals surface area contributed by atoms with Gasteiger partial charge in [0.05, 0.1) is 12.8 Å². The summed E-state index contributed by atoms with van der Waals surface area (Å²) in [6, 6.07) is 13.5. The normalized spacial score (nSPS) is 11.2. The van der Waals surface area contributed by atoms with Crippen LogP contribution in [-0.4, -0.2) is 17.9 Å². The zero-order chi connectivity index (χ0) is 16.8. The maximum Gasteiger partial charge on any atom is 0.186 e. The Morgan fingerprint density at radius 1 is 1.13 bits per heavy atom. The Bertz CT molecular complexity index is 724. The van der Waals surface area contributed by atoms with Gasteiger partial charge in [0, 0.05) is 11.8 Å². The van der Waals surface area contributed by atoms with E-state index in [1.807, 2.05) is 50.2 Å². The van der Waals surface area contributed by atoms with Crippen molar-refractivity contribution in [3.05, 3.63) is 53.6 Å². The van der Waals surface area contributed by atoms with Crippen LogP contribution in [0.5, 0.6) is 5.75 Å². The number of hydrogen-bond acceptors (Lipinski definition) is 5. The van der Waals surface area contributed by atoms with Crippen molar-refractivity contribution in [2.24, 2.45) is 5.10 Å². The molecule has 0 heterocycles. The summed E-state index contributed by atoms with van der Waals surface area (Å²) in [4.78, 5) is 12.9. The van der Waals surface area contributed by atoms with E-state index in [1.165, 1.54) is 24.2 Å². The molecule has 0 unspecified atom stereocenters. The molecule has 0 saturated carbocycles. The second kappa shape index (κ2) is 7.83. The summed E-state index contributed by atoms with van der Waals surface area (Å²) in [5, 5.41) is 4.67. The summed E-state index contributed by atoms with van der Waals surface area (Å²) in [7, 11) is 1.62. The number of nitrogens with one attached hydrogen (secondary N) is 1. The topological polar surface area (TPSA) is 50.7 Å². The van der Waals surface area contributed by atoms with Crippen molar-refractivity contribution >= 4 is 28.3 Å². The van der Waals surface area contributed by atoms with Gasteiger partial charge in [0.1, 0.15) is 5.75 Å². The lowest BCUT2D eigenvalue weighted by Crippen LogP contribution is -2.08. The maximum absolute atomic E-state index is 11.8. The predicted octanol–water partition coefficient (Wildman–Crippen LogP) is 4.42. The van der Waals surface area contributed by atoms with E-state index < -0.39 is 0 Å². The van der Waals surface area contributed by atoms with Gasteiger partial charge >= 0.3 is 0 Å². The number of rotatable bonds is 5. The summed E-state index contributed by atoms with van der Waals surface area (Å²) in [5.41, 5.74) is 6.05. The minimum absolute atomic E-state index is 0.0732. The number of nitrogens with zero attached hydrogens (tertiary/aromatic N) is 1. The van der Waals surface area contributed by atoms with E-state index in [9.17, 15) is 4.79 Å². The Morgan fingerprint density at radius 3 is 2.39 bits per heavy atom. The number of anilines is 1. The van der Waals surface area contributed by atoms with Gasteiger partial charge in [-0.15, -0.1) is 0 Å². The molecule has 0 aliphatic heterocycles. The van der Waals surface area contributed by atoms with E-state index in [-0.39, 0.29) is 5.78 Å². The van der Waals surface area contributed by atoms with Crippen molar-refractivity contribution in [1.82, 2.24) is 0 Å². The first-order chi connectivity index (χ1) is 11.0. The average Bonchev–Trinajstić information content (AvgIpc) is 2.53. The summed E-state index contributed by atoms with van der Waals surface area (Å²) in [6.45, 7) is 5.60. The highest BCUT2D eigenvalue weighted by Crippen LogP contribution is 2.25. The molecule has 5 heteroatoms. The van der Waals surface area contributed by atoms with Crippen LogP contribution in [0.4, 0.5) is 5.69 Å². The van der Waals surface area contributed by atoms with Crippen LogP contribution >= 0.6 is 11.8 Å². The number of thioether (sulfide) groups is 1. The van der Waals surface area contributed by atoms with Crippen LogP contribution in [0.15, 0.2) is 52.5 Å². The van der Waals surface area contributed by atoms with Crippen molar-refractivity contribution in [3.63, 3.8) is 0 Å². The summed E-state index contributed by atoms with van der Waals surface area (Å²) >= 11 is 1.37. The van der Waals surface area contributed by atoms with Gasteiger partial charge in [0.15, 0.2) is 10.8 Å². The van der Waals surface area contributed by atoms with Crippen molar-refractivity contribution < 1.29 is 9.53 Å². The Hall–Kier alpha value is -2.27. The Balaban J connectivity index is 2.15. The van der Waals surface area contributed by atoms with E-state index in [0.29, 0.717) is 5.04 Å². The number of hydrogen-bond donors (Lipinski definition) is 1. The predicted molar refractivity (Wildman–Crippen MR) is 96.5 cm³/mol. The molecule has 1 N–H and O–H groups in total. The highest BCUT2D eigenvalue weighted by molar-refractivity contribution is 8.15. The average molecular weight is 328 g/mol. The van der Waals surface area contributed by atoms with Crippen molar-refractivity contribution in [3.8, 4) is 5.75 Å². The number of Topliss-reactive ketones (excluding diaryl/α,β-unsaturated/α-hetero) is 1. The van der Waals surface area contributed by atoms with E-state index in [4.69, 9.17) is 4.74 Å². The molecular weight excluding hydrogens is 308 g/mol. The fraction of sp³-hybridized carbons (Fsp3) is 0.222. The highest BCUT2D eigenvalue weighted by Gasteiger charge is 2.10. The summed E-state index contributed by atoms with van der Waals surface area (Å²) < 4.78 is 5.11. The number of ether oxygens (including phenoxy) is 1. The van der Waals surface area contributed by atoms with E-state index in [0.717, 1.165) is 21.9 Å². The quantitative estimate of drug-likeness (QED) is 0.382. The van der Waals surface area contributed by atoms with E-state index in [2.05, 4.69) is 16.6 Å². The largest absolute Gasteiger partial charge is 0.497 e. The number of carbonyl (C=O) groups excluding carboxylic acids is 1. The van der Waals surface area contributed by atoms with Crippen LogP contribution in [0, 0.1) is 13.8 Å². The Kier molecular flexibility index (Phi) is 5.82. The third kappa shape index (κ3) is 4.86. The monoisotopic (exact) mass is 328 g/mol. The van der Waals surface area contributed by atoms with Gasteiger partial charge in [0.25, 0.3) is 0 Å². The van der Waals surface area contributed by atoms with Gasteiger partial charge < -0.3 is 4.74 Å². The first kappa shape index (κ1) is 17.1. The van der Waals surface area contributed by atoms with Crippen LogP contribution in [0.1, 0.15) is 18.1 Å². The van der Waals surface area contributed by atoms with Gasteiger partial charge in [-0.05, 0) is 49.7 Å². The first-order valence-electron chi connectivity index (χ1n) is 7.23. The first-order valence-corrected chi connectivity index (χ1v) is 8.05. The maximum atomic E-state index is 11.8. The third-order valence-electron chi connectivity index (χ3n) is 3.21. The third-order valence-corrected chi connectivity index (χ3v) is 4.46. The molecule has 0 aliphatic rings. The van der Waals surface area contributed by atoms with Crippen LogP contribution in [0.3, 0.4) is 0 Å². The minimum atomic E-state index is -0.0732. The molecule has 0 aliphatic carbocycles. The summed E-state index contributed by atoms with van der Waals surface area (Å²) in [6.07, 6.45) is 0. The lowest BCUT2D eigenvalue weighted by Gasteiger charge is -2.08. The van der Waals surface area contributed by atoms with E-state index in [1.54, 1.807) is 7.11 Å². The van der Waals surface area contributed by atoms with Gasteiger partial charge in [-0.3, -0.25) is 10.2 Å². The van der Waals surface area contributed by atoms with Crippen molar-refractivity contribution in [2.75, 3.05) is 12.5 Å². The number of aryl methyl sites for hydroxylation is 2. The number of carbonyl (C=O) groups is 1. The molecule has 0 fully saturated rings. The molecule has 23 heavy (non-hydrogen) atoms. The molecule has 120 valence electrons. The molecular formula is C18H20N2O2S. The second-order valence-electron chi connectivity index (χ2n) is 5.18. The van der Waals surface area contributed by atoms with Crippen LogP contribution < -0.4 is 10.2 Å². The van der Waals surface area contributed by atoms with Crippen molar-refractivity contribution in [2.45, 2.75) is 25.7 Å². The standard InChI is InChI=1S/C18H20N2O2S/c1-12-5-10-17(13(2)11-12)23-18(14(3)21)20-19-15-6-8-16(22-4)9-7-15/h5-11,19H,1-4H3. The second-order valence-corrected chi connectivity index (χ2v) is 6.22. The van der Waals surface area contributed by atoms with Crippen LogP contribution in [0.25, 0.3) is 0 Å². The van der Waals surface area contributed by atoms with Gasteiger partial charge in [0.2, 0.25) is 0 Å². The molecule has 0 saturated heterocycles. The van der Waals surface area contributed by atoms with Crippen LogP contribution in [0.2, 0.25) is 0 Å². The fourth-order valence-corrected chi connectivity index (χ4v) is 2.77. The van der Waals surface area contributed by atoms with Gasteiger partial charge in [-0.2, -0.15) is 5.10 Å². The highest BCUT2D eigenvalue weighted by atomic mass is 32.2. The summed E-state index contributed by atoms with van der Waals surface area (Å²) in [5.74, 6) is 0.701. The molecule has 2 aromatic rings. The zero-order valence-electron chi connectivity index (χ0n) is 13.7. The fourth-order valence-electron chi connectivity index (χ4n) is 1.97. The van der Waals surface area contributed by atoms with Crippen molar-refractivity contribution in [1.29, 1.82) is 0 Å². The lowest BCUT2D eigenvalue weighted by atomic mass is 10.2. The molecule has 0 atom stereocenters. The zero-order valence-corrected chi connectivity index (χ0v) is 14.5. The molecule has 2 aromatic carbocycles. The number of ketones is 1. The lowest BCUT2D eigenvalue weighted by molar-refractivity contribution is -0.110. The number of hydrazone groups is 1.